The van der Waals surface area contributed by atoms with Crippen molar-refractivity contribution >= 4 is 10.9 Å². The van der Waals surface area contributed by atoms with Crippen LogP contribution in [0.4, 0.5) is 0 Å². The van der Waals surface area contributed by atoms with Gasteiger partial charge in [-0.3, -0.25) is 0 Å². The van der Waals surface area contributed by atoms with Gasteiger partial charge in [-0.25, -0.2) is 0 Å². The molecule has 1 heterocycles. The summed E-state index contributed by atoms with van der Waals surface area (Å²) < 4.78 is 0. The van der Waals surface area contributed by atoms with Crippen LogP contribution >= 0.6 is 0 Å². The van der Waals surface area contributed by atoms with Gasteiger partial charge >= 0.3 is 0 Å². The van der Waals surface area contributed by atoms with Crippen molar-refractivity contribution in [1.82, 2.24) is 4.98 Å². The average Bonchev–Trinajstić information content (AvgIpc) is 2.61. The number of nitrogens with two attached hydrogens (primary N) is 1. The second kappa shape index (κ2) is 3.14. The molecule has 0 bridgehead atoms. The van der Waals surface area contributed by atoms with Crippen LogP contribution in [-0.4, -0.2) is 11.5 Å². The van der Waals surface area contributed by atoms with Gasteiger partial charge in [-0.15, -0.1) is 0 Å². The number of benzene rings is 1. The number of fused-ring (bicyclic) bond motifs is 1. The number of hydrogen-bond donors (Lipinski definition) is 2. The second-order valence-electron chi connectivity index (χ2n) is 4.36. The Bertz CT molecular complexity index is 407. The fourth-order valence-corrected chi connectivity index (χ4v) is 1.55. The van der Waals surface area contributed by atoms with Crippen LogP contribution in [0.15, 0.2) is 30.3 Å². The minimum atomic E-state index is 0.0268. The van der Waals surface area contributed by atoms with E-state index >= 15 is 0 Å². The lowest BCUT2D eigenvalue weighted by Gasteiger charge is -2.20. The van der Waals surface area contributed by atoms with Gasteiger partial charge in [-0.2, -0.15) is 0 Å². The number of H-pyrrole nitrogens is 1. The fraction of sp³-hybridized carbons (Fsp3) is 0.333. The maximum absolute atomic E-state index is 5.74. The van der Waals surface area contributed by atoms with E-state index in [1.807, 2.05) is 6.07 Å². The van der Waals surface area contributed by atoms with E-state index in [1.165, 1.54) is 16.6 Å². The summed E-state index contributed by atoms with van der Waals surface area (Å²) in [6, 6.07) is 10.5. The van der Waals surface area contributed by atoms with E-state index in [1.54, 1.807) is 0 Å². The normalized spacial score (nSPS) is 12.2. The first-order valence-electron chi connectivity index (χ1n) is 4.92. The van der Waals surface area contributed by atoms with E-state index in [-0.39, 0.29) is 5.41 Å². The van der Waals surface area contributed by atoms with Gasteiger partial charge < -0.3 is 10.7 Å². The van der Waals surface area contributed by atoms with E-state index in [2.05, 4.69) is 43.1 Å². The molecule has 3 N–H and O–H groups in total. The first-order chi connectivity index (χ1) is 6.63. The standard InChI is InChI=1S/C12H16N2/c1-12(2,8-13)11-7-9-5-3-4-6-10(9)14-11/h3-7,14H,8,13H2,1-2H3. The summed E-state index contributed by atoms with van der Waals surface area (Å²) in [6.07, 6.45) is 0. The van der Waals surface area contributed by atoms with Gasteiger partial charge in [0.1, 0.15) is 0 Å². The third-order valence-corrected chi connectivity index (χ3v) is 2.77. The molecule has 14 heavy (non-hydrogen) atoms. The molecule has 0 aliphatic rings. The van der Waals surface area contributed by atoms with Crippen molar-refractivity contribution in [3.63, 3.8) is 0 Å². The number of nitrogens with one attached hydrogen (secondary N) is 1. The van der Waals surface area contributed by atoms with Crippen LogP contribution in [0.2, 0.25) is 0 Å². The Hall–Kier alpha value is -1.28. The number of hydrogen-bond acceptors (Lipinski definition) is 1. The maximum Gasteiger partial charge on any atom is 0.0456 e. The van der Waals surface area contributed by atoms with E-state index in [0.717, 1.165) is 0 Å². The SMILES string of the molecule is CC(C)(CN)c1cc2ccccc2[nH]1. The van der Waals surface area contributed by atoms with Crippen LogP contribution in [0.3, 0.4) is 0 Å². The van der Waals surface area contributed by atoms with E-state index in [9.17, 15) is 0 Å². The Balaban J connectivity index is 2.55. The van der Waals surface area contributed by atoms with Crippen LogP contribution in [0.25, 0.3) is 10.9 Å². The monoisotopic (exact) mass is 188 g/mol. The molecule has 0 spiro atoms. The number of rotatable bonds is 2. The second-order valence-corrected chi connectivity index (χ2v) is 4.36. The van der Waals surface area contributed by atoms with Gasteiger partial charge in [0, 0.05) is 23.2 Å². The molecule has 2 heteroatoms. The highest BCUT2D eigenvalue weighted by atomic mass is 14.8. The highest BCUT2D eigenvalue weighted by molar-refractivity contribution is 5.80. The van der Waals surface area contributed by atoms with Gasteiger partial charge in [-0.05, 0) is 17.5 Å². The van der Waals surface area contributed by atoms with Crippen molar-refractivity contribution < 1.29 is 0 Å². The quantitative estimate of drug-likeness (QED) is 0.746. The summed E-state index contributed by atoms with van der Waals surface area (Å²) in [5, 5.41) is 1.25. The van der Waals surface area contributed by atoms with Crippen molar-refractivity contribution in [1.29, 1.82) is 0 Å². The Morgan fingerprint density at radius 2 is 2.00 bits per heavy atom. The molecule has 0 amide bonds. The van der Waals surface area contributed by atoms with Gasteiger partial charge in [0.25, 0.3) is 0 Å². The average molecular weight is 188 g/mol. The topological polar surface area (TPSA) is 41.8 Å². The highest BCUT2D eigenvalue weighted by Gasteiger charge is 2.20. The molecule has 2 aromatic rings. The van der Waals surface area contributed by atoms with Crippen LogP contribution < -0.4 is 5.73 Å². The predicted molar refractivity (Wildman–Crippen MR) is 60.4 cm³/mol. The zero-order chi connectivity index (χ0) is 10.2. The molecule has 1 aromatic heterocycles. The predicted octanol–water partition coefficient (Wildman–Crippen LogP) is 2.40. The lowest BCUT2D eigenvalue weighted by molar-refractivity contribution is 0.526. The largest absolute Gasteiger partial charge is 0.358 e. The van der Waals surface area contributed by atoms with Crippen molar-refractivity contribution in [3.05, 3.63) is 36.0 Å². The molecule has 0 saturated heterocycles. The first-order valence-corrected chi connectivity index (χ1v) is 4.92. The molecule has 2 rings (SSSR count). The Labute approximate surface area is 84.1 Å². The molecule has 0 fully saturated rings. The third kappa shape index (κ3) is 1.42. The molecule has 0 aliphatic heterocycles. The zero-order valence-electron chi connectivity index (χ0n) is 8.67. The molecule has 0 atom stereocenters. The molecule has 0 unspecified atom stereocenters. The van der Waals surface area contributed by atoms with Crippen LogP contribution in [0.1, 0.15) is 19.5 Å². The Kier molecular flexibility index (Phi) is 2.08. The highest BCUT2D eigenvalue weighted by Crippen LogP contribution is 2.24. The zero-order valence-corrected chi connectivity index (χ0v) is 8.67. The third-order valence-electron chi connectivity index (χ3n) is 2.77. The molecule has 74 valence electrons. The smallest absolute Gasteiger partial charge is 0.0456 e. The van der Waals surface area contributed by atoms with Crippen LogP contribution in [-0.2, 0) is 5.41 Å². The first kappa shape index (κ1) is 9.28. The van der Waals surface area contributed by atoms with Crippen LogP contribution in [0.5, 0.6) is 0 Å². The number of para-hydroxylation sites is 1. The summed E-state index contributed by atoms with van der Waals surface area (Å²) >= 11 is 0. The van der Waals surface area contributed by atoms with Crippen LogP contribution in [0, 0.1) is 0 Å². The Morgan fingerprint density at radius 3 is 2.64 bits per heavy atom. The summed E-state index contributed by atoms with van der Waals surface area (Å²) in [4.78, 5) is 3.41. The van der Waals surface area contributed by atoms with E-state index < -0.39 is 0 Å². The van der Waals surface area contributed by atoms with E-state index in [4.69, 9.17) is 5.73 Å². The molecule has 0 radical (unpaired) electrons. The van der Waals surface area contributed by atoms with Crippen molar-refractivity contribution in [2.75, 3.05) is 6.54 Å². The summed E-state index contributed by atoms with van der Waals surface area (Å²) in [5.74, 6) is 0. The van der Waals surface area contributed by atoms with Gasteiger partial charge in [0.15, 0.2) is 0 Å². The molecular weight excluding hydrogens is 172 g/mol. The number of aromatic nitrogens is 1. The Morgan fingerprint density at radius 1 is 1.29 bits per heavy atom. The van der Waals surface area contributed by atoms with Crippen molar-refractivity contribution in [2.24, 2.45) is 5.73 Å². The summed E-state index contributed by atoms with van der Waals surface area (Å²) in [5.41, 5.74) is 8.16. The lowest BCUT2D eigenvalue weighted by atomic mass is 9.90. The summed E-state index contributed by atoms with van der Waals surface area (Å²) in [6.45, 7) is 4.95. The molecular formula is C12H16N2. The van der Waals surface area contributed by atoms with E-state index in [0.29, 0.717) is 6.54 Å². The molecule has 0 saturated carbocycles. The molecule has 2 nitrogen and oxygen atoms in total. The van der Waals surface area contributed by atoms with Crippen molar-refractivity contribution in [3.8, 4) is 0 Å². The van der Waals surface area contributed by atoms with Gasteiger partial charge in [-0.1, -0.05) is 32.0 Å². The molecule has 0 aliphatic carbocycles. The maximum atomic E-state index is 5.74. The minimum absolute atomic E-state index is 0.0268. The summed E-state index contributed by atoms with van der Waals surface area (Å²) in [7, 11) is 0. The number of aromatic amines is 1. The fourth-order valence-electron chi connectivity index (χ4n) is 1.55. The lowest BCUT2D eigenvalue weighted by Crippen LogP contribution is -2.28. The van der Waals surface area contributed by atoms with Gasteiger partial charge in [0.2, 0.25) is 0 Å². The van der Waals surface area contributed by atoms with Crippen molar-refractivity contribution in [2.45, 2.75) is 19.3 Å². The van der Waals surface area contributed by atoms with Gasteiger partial charge in [0.05, 0.1) is 0 Å². The minimum Gasteiger partial charge on any atom is -0.358 e. The molecule has 1 aromatic carbocycles.